The zero-order valence-electron chi connectivity index (χ0n) is 6.84. The number of aromatic carboxylic acids is 1. The third kappa shape index (κ3) is 1.62. The van der Waals surface area contributed by atoms with Gasteiger partial charge in [0.15, 0.2) is 0 Å². The van der Waals surface area contributed by atoms with Crippen molar-refractivity contribution in [2.45, 2.75) is 0 Å². The first-order valence-electron chi connectivity index (χ1n) is 3.79. The van der Waals surface area contributed by atoms with E-state index in [0.29, 0.717) is 9.26 Å². The van der Waals surface area contributed by atoms with E-state index in [4.69, 9.17) is 5.11 Å². The molecule has 2 aromatic rings. The van der Waals surface area contributed by atoms with Crippen LogP contribution in [0.15, 0.2) is 18.2 Å². The van der Waals surface area contributed by atoms with Crippen LogP contribution in [-0.4, -0.2) is 16.1 Å². The summed E-state index contributed by atoms with van der Waals surface area (Å²) >= 11 is 4.20. The number of carboxylic acid groups (broad SMARTS) is 1. The molecular formula is C9H5I2NO2. The Morgan fingerprint density at radius 3 is 2.71 bits per heavy atom. The number of H-pyrrole nitrogens is 1. The number of benzene rings is 1. The van der Waals surface area contributed by atoms with E-state index in [2.05, 4.69) is 27.6 Å². The molecule has 0 atom stereocenters. The summed E-state index contributed by atoms with van der Waals surface area (Å²) in [5.41, 5.74) is 1.23. The lowest BCUT2D eigenvalue weighted by Gasteiger charge is -1.93. The van der Waals surface area contributed by atoms with E-state index in [1.807, 2.05) is 40.8 Å². The highest BCUT2D eigenvalue weighted by atomic mass is 127. The van der Waals surface area contributed by atoms with Gasteiger partial charge in [0.05, 0.1) is 9.26 Å². The summed E-state index contributed by atoms with van der Waals surface area (Å²) in [5.74, 6) is -0.887. The number of aromatic amines is 1. The summed E-state index contributed by atoms with van der Waals surface area (Å²) in [6.45, 7) is 0. The van der Waals surface area contributed by atoms with Crippen LogP contribution in [-0.2, 0) is 0 Å². The Balaban J connectivity index is 2.84. The van der Waals surface area contributed by atoms with Crippen LogP contribution in [0.25, 0.3) is 10.9 Å². The number of carboxylic acids is 1. The van der Waals surface area contributed by atoms with Crippen molar-refractivity contribution in [3.8, 4) is 0 Å². The predicted molar refractivity (Wildman–Crippen MR) is 70.7 cm³/mol. The first-order valence-corrected chi connectivity index (χ1v) is 5.95. The molecule has 72 valence electrons. The minimum atomic E-state index is -0.887. The highest BCUT2D eigenvalue weighted by Crippen LogP contribution is 2.25. The lowest BCUT2D eigenvalue weighted by atomic mass is 10.2. The van der Waals surface area contributed by atoms with Crippen molar-refractivity contribution in [3.05, 3.63) is 31.0 Å². The third-order valence-corrected chi connectivity index (χ3v) is 3.41. The molecule has 0 bridgehead atoms. The molecule has 14 heavy (non-hydrogen) atoms. The van der Waals surface area contributed by atoms with Crippen molar-refractivity contribution in [3.63, 3.8) is 0 Å². The molecule has 0 fully saturated rings. The molecule has 0 spiro atoms. The van der Waals surface area contributed by atoms with Gasteiger partial charge in [-0.3, -0.25) is 0 Å². The average Bonchev–Trinajstić information content (AvgIpc) is 2.39. The molecule has 1 aromatic carbocycles. The van der Waals surface area contributed by atoms with Crippen LogP contribution in [0.4, 0.5) is 0 Å². The van der Waals surface area contributed by atoms with Gasteiger partial charge in [-0.1, -0.05) is 6.07 Å². The Hall–Kier alpha value is -0.310. The summed E-state index contributed by atoms with van der Waals surface area (Å²) in [4.78, 5) is 14.0. The van der Waals surface area contributed by atoms with Gasteiger partial charge < -0.3 is 10.1 Å². The summed E-state index contributed by atoms with van der Waals surface area (Å²) in [6.07, 6.45) is 0. The van der Waals surface area contributed by atoms with Crippen LogP contribution in [0.5, 0.6) is 0 Å². The fraction of sp³-hybridized carbons (Fsp3) is 0. The fourth-order valence-electron chi connectivity index (χ4n) is 1.35. The molecule has 2 rings (SSSR count). The molecule has 0 amide bonds. The van der Waals surface area contributed by atoms with E-state index < -0.39 is 5.97 Å². The van der Waals surface area contributed by atoms with Crippen molar-refractivity contribution in [1.29, 1.82) is 0 Å². The van der Waals surface area contributed by atoms with Gasteiger partial charge in [-0.15, -0.1) is 0 Å². The first kappa shape index (κ1) is 10.2. The summed E-state index contributed by atoms with van der Waals surface area (Å²) < 4.78 is 1.76. The van der Waals surface area contributed by atoms with E-state index in [9.17, 15) is 4.79 Å². The highest BCUT2D eigenvalue weighted by Gasteiger charge is 2.15. The average molecular weight is 413 g/mol. The lowest BCUT2D eigenvalue weighted by molar-refractivity contribution is 0.0698. The van der Waals surface area contributed by atoms with Gasteiger partial charge in [0, 0.05) is 14.5 Å². The number of carbonyl (C=O) groups is 1. The van der Waals surface area contributed by atoms with E-state index in [0.717, 1.165) is 14.5 Å². The Morgan fingerprint density at radius 1 is 1.36 bits per heavy atom. The second-order valence-corrected chi connectivity index (χ2v) is 5.13. The maximum Gasteiger partial charge on any atom is 0.338 e. The second kappa shape index (κ2) is 3.69. The standard InChI is InChI=1S/C9H5I2NO2/c10-4-1-2-5-6(3-4)12-8(11)7(5)9(13)14/h1-3,12H,(H,13,14). The van der Waals surface area contributed by atoms with Crippen molar-refractivity contribution in [2.75, 3.05) is 0 Å². The highest BCUT2D eigenvalue weighted by molar-refractivity contribution is 14.1. The Labute approximate surface area is 107 Å². The molecule has 1 heterocycles. The predicted octanol–water partition coefficient (Wildman–Crippen LogP) is 3.08. The number of hydrogen-bond donors (Lipinski definition) is 2. The number of halogens is 2. The van der Waals surface area contributed by atoms with Crippen molar-refractivity contribution < 1.29 is 9.90 Å². The van der Waals surface area contributed by atoms with Gasteiger partial charge in [0.2, 0.25) is 0 Å². The van der Waals surface area contributed by atoms with E-state index in [1.165, 1.54) is 0 Å². The topological polar surface area (TPSA) is 53.1 Å². The summed E-state index contributed by atoms with van der Waals surface area (Å²) in [7, 11) is 0. The molecule has 0 saturated heterocycles. The number of fused-ring (bicyclic) bond motifs is 1. The van der Waals surface area contributed by atoms with Crippen molar-refractivity contribution in [2.24, 2.45) is 0 Å². The van der Waals surface area contributed by atoms with Gasteiger partial charge in [0.25, 0.3) is 0 Å². The zero-order valence-corrected chi connectivity index (χ0v) is 11.2. The number of hydrogen-bond acceptors (Lipinski definition) is 1. The molecule has 0 aliphatic rings. The largest absolute Gasteiger partial charge is 0.478 e. The zero-order chi connectivity index (χ0) is 10.3. The number of nitrogens with one attached hydrogen (secondary N) is 1. The molecule has 2 N–H and O–H groups in total. The molecule has 0 aliphatic carbocycles. The number of aromatic nitrogens is 1. The van der Waals surface area contributed by atoms with E-state index >= 15 is 0 Å². The molecule has 3 nitrogen and oxygen atoms in total. The van der Waals surface area contributed by atoms with Gasteiger partial charge in [-0.2, -0.15) is 0 Å². The minimum absolute atomic E-state index is 0.358. The Morgan fingerprint density at radius 2 is 2.07 bits per heavy atom. The normalized spacial score (nSPS) is 10.7. The second-order valence-electron chi connectivity index (χ2n) is 2.81. The first-order chi connectivity index (χ1) is 6.59. The van der Waals surface area contributed by atoms with Gasteiger partial charge >= 0.3 is 5.97 Å². The van der Waals surface area contributed by atoms with E-state index in [1.54, 1.807) is 0 Å². The summed E-state index contributed by atoms with van der Waals surface area (Å²) in [5, 5.41) is 9.76. The van der Waals surface area contributed by atoms with E-state index in [-0.39, 0.29) is 0 Å². The lowest BCUT2D eigenvalue weighted by Crippen LogP contribution is -1.96. The Kier molecular flexibility index (Phi) is 2.69. The minimum Gasteiger partial charge on any atom is -0.478 e. The SMILES string of the molecule is O=C(O)c1c(I)[nH]c2cc(I)ccc12. The molecule has 0 radical (unpaired) electrons. The van der Waals surface area contributed by atoms with Gasteiger partial charge in [0.1, 0.15) is 0 Å². The monoisotopic (exact) mass is 413 g/mol. The van der Waals surface area contributed by atoms with Crippen LogP contribution in [0.1, 0.15) is 10.4 Å². The third-order valence-electron chi connectivity index (χ3n) is 1.93. The molecule has 0 aliphatic heterocycles. The van der Waals surface area contributed by atoms with Gasteiger partial charge in [-0.05, 0) is 57.3 Å². The maximum atomic E-state index is 11.0. The Bertz CT molecular complexity index is 519. The molecule has 1 aromatic heterocycles. The molecule has 0 saturated carbocycles. The van der Waals surface area contributed by atoms with Crippen LogP contribution in [0, 0.1) is 7.27 Å². The maximum absolute atomic E-state index is 11.0. The van der Waals surface area contributed by atoms with Crippen LogP contribution >= 0.6 is 45.2 Å². The van der Waals surface area contributed by atoms with Gasteiger partial charge in [-0.25, -0.2) is 4.79 Å². The summed E-state index contributed by atoms with van der Waals surface area (Å²) in [6, 6.07) is 5.67. The van der Waals surface area contributed by atoms with Crippen LogP contribution in [0.2, 0.25) is 0 Å². The molecule has 0 unspecified atom stereocenters. The smallest absolute Gasteiger partial charge is 0.338 e. The molecular weight excluding hydrogens is 408 g/mol. The number of rotatable bonds is 1. The fourth-order valence-corrected chi connectivity index (χ4v) is 2.65. The van der Waals surface area contributed by atoms with Crippen molar-refractivity contribution >= 4 is 62.1 Å². The quantitative estimate of drug-likeness (QED) is 0.707. The van der Waals surface area contributed by atoms with Crippen LogP contribution in [0.3, 0.4) is 0 Å². The van der Waals surface area contributed by atoms with Crippen LogP contribution < -0.4 is 0 Å². The molecule has 5 heteroatoms. The van der Waals surface area contributed by atoms with Crippen molar-refractivity contribution in [1.82, 2.24) is 4.98 Å².